The summed E-state index contributed by atoms with van der Waals surface area (Å²) in [6.45, 7) is 4.40. The van der Waals surface area contributed by atoms with E-state index in [1.54, 1.807) is 4.90 Å². The minimum absolute atomic E-state index is 0.0494. The smallest absolute Gasteiger partial charge is 0.271 e. The van der Waals surface area contributed by atoms with Gasteiger partial charge in [0.2, 0.25) is 5.91 Å². The third-order valence-corrected chi connectivity index (χ3v) is 5.73. The molecule has 2 saturated heterocycles. The van der Waals surface area contributed by atoms with Crippen LogP contribution in [0.15, 0.2) is 6.07 Å². The molecular weight excluding hydrogens is 320 g/mol. The number of nitrogens with zero attached hydrogens (tertiary/aromatic N) is 4. The molecule has 3 aliphatic rings. The van der Waals surface area contributed by atoms with E-state index < -0.39 is 0 Å². The van der Waals surface area contributed by atoms with Crippen LogP contribution < -0.4 is 0 Å². The SMILES string of the molecule is CN1CCCn2nc(C3CCN(C(=O)C4CCOC4)CC3)cc2C1=O. The van der Waals surface area contributed by atoms with E-state index in [1.165, 1.54) is 0 Å². The van der Waals surface area contributed by atoms with Crippen molar-refractivity contribution in [3.63, 3.8) is 0 Å². The second kappa shape index (κ2) is 6.78. The largest absolute Gasteiger partial charge is 0.381 e. The van der Waals surface area contributed by atoms with E-state index >= 15 is 0 Å². The quantitative estimate of drug-likeness (QED) is 0.804. The number of fused-ring (bicyclic) bond motifs is 1. The molecule has 0 aromatic carbocycles. The number of carbonyl (C=O) groups is 2. The molecule has 0 aliphatic carbocycles. The molecule has 1 aromatic rings. The molecule has 0 saturated carbocycles. The van der Waals surface area contributed by atoms with E-state index in [1.807, 2.05) is 22.7 Å². The lowest BCUT2D eigenvalue weighted by atomic mass is 9.92. The molecule has 1 atom stereocenters. The molecule has 4 rings (SSSR count). The van der Waals surface area contributed by atoms with Gasteiger partial charge in [-0.3, -0.25) is 14.3 Å². The predicted octanol–water partition coefficient (Wildman–Crippen LogP) is 1.10. The molecular formula is C18H26N4O3. The molecule has 4 heterocycles. The predicted molar refractivity (Wildman–Crippen MR) is 91.3 cm³/mol. The van der Waals surface area contributed by atoms with Gasteiger partial charge in [-0.2, -0.15) is 5.10 Å². The maximum atomic E-state index is 12.5. The van der Waals surface area contributed by atoms with Gasteiger partial charge in [0.25, 0.3) is 5.91 Å². The minimum Gasteiger partial charge on any atom is -0.381 e. The van der Waals surface area contributed by atoms with Crippen molar-refractivity contribution in [2.45, 2.75) is 38.1 Å². The van der Waals surface area contributed by atoms with Crippen molar-refractivity contribution >= 4 is 11.8 Å². The highest BCUT2D eigenvalue weighted by Crippen LogP contribution is 2.30. The van der Waals surface area contributed by atoms with Crippen molar-refractivity contribution in [3.05, 3.63) is 17.5 Å². The fraction of sp³-hybridized carbons (Fsp3) is 0.722. The molecule has 2 fully saturated rings. The standard InChI is InChI=1S/C18H26N4O3/c1-20-6-2-7-22-16(18(20)24)11-15(19-22)13-3-8-21(9-4-13)17(23)14-5-10-25-12-14/h11,13-14H,2-10,12H2,1H3. The van der Waals surface area contributed by atoms with Crippen LogP contribution in [0.2, 0.25) is 0 Å². The molecule has 0 N–H and O–H groups in total. The summed E-state index contributed by atoms with van der Waals surface area (Å²) in [5.74, 6) is 0.688. The monoisotopic (exact) mass is 346 g/mol. The third-order valence-electron chi connectivity index (χ3n) is 5.73. The zero-order chi connectivity index (χ0) is 17.4. The zero-order valence-electron chi connectivity index (χ0n) is 14.8. The summed E-state index contributed by atoms with van der Waals surface area (Å²) in [5.41, 5.74) is 1.71. The number of ether oxygens (including phenoxy) is 1. The molecule has 1 unspecified atom stereocenters. The normalized spacial score (nSPS) is 25.2. The first-order valence-corrected chi connectivity index (χ1v) is 9.33. The Labute approximate surface area is 147 Å². The highest BCUT2D eigenvalue weighted by molar-refractivity contribution is 5.92. The Morgan fingerprint density at radius 3 is 2.72 bits per heavy atom. The molecule has 2 amide bonds. The van der Waals surface area contributed by atoms with E-state index in [-0.39, 0.29) is 17.7 Å². The Hall–Kier alpha value is -1.89. The van der Waals surface area contributed by atoms with E-state index in [4.69, 9.17) is 9.84 Å². The number of rotatable bonds is 2. The van der Waals surface area contributed by atoms with Gasteiger partial charge in [-0.1, -0.05) is 0 Å². The van der Waals surface area contributed by atoms with Crippen LogP contribution in [0.25, 0.3) is 0 Å². The molecule has 25 heavy (non-hydrogen) atoms. The summed E-state index contributed by atoms with van der Waals surface area (Å²) >= 11 is 0. The lowest BCUT2D eigenvalue weighted by Gasteiger charge is -2.32. The highest BCUT2D eigenvalue weighted by Gasteiger charge is 2.32. The lowest BCUT2D eigenvalue weighted by molar-refractivity contribution is -0.136. The zero-order valence-corrected chi connectivity index (χ0v) is 14.8. The molecule has 0 bridgehead atoms. The van der Waals surface area contributed by atoms with Crippen LogP contribution in [0, 0.1) is 5.92 Å². The van der Waals surface area contributed by atoms with Crippen molar-refractivity contribution in [1.82, 2.24) is 19.6 Å². The van der Waals surface area contributed by atoms with Gasteiger partial charge in [0, 0.05) is 45.8 Å². The Balaban J connectivity index is 1.41. The van der Waals surface area contributed by atoms with Crippen LogP contribution in [0.1, 0.15) is 47.8 Å². The van der Waals surface area contributed by atoms with Crippen LogP contribution in [0.4, 0.5) is 0 Å². The Kier molecular flexibility index (Phi) is 4.50. The van der Waals surface area contributed by atoms with Gasteiger partial charge in [0.1, 0.15) is 5.69 Å². The van der Waals surface area contributed by atoms with Crippen LogP contribution in [0.5, 0.6) is 0 Å². The molecule has 7 heteroatoms. The highest BCUT2D eigenvalue weighted by atomic mass is 16.5. The van der Waals surface area contributed by atoms with Crippen molar-refractivity contribution in [2.75, 3.05) is 39.9 Å². The van der Waals surface area contributed by atoms with Gasteiger partial charge in [-0.15, -0.1) is 0 Å². The van der Waals surface area contributed by atoms with Crippen molar-refractivity contribution in [3.8, 4) is 0 Å². The molecule has 0 radical (unpaired) electrons. The number of amides is 2. The second-order valence-electron chi connectivity index (χ2n) is 7.42. The van der Waals surface area contributed by atoms with Gasteiger partial charge < -0.3 is 14.5 Å². The van der Waals surface area contributed by atoms with E-state index in [9.17, 15) is 9.59 Å². The first-order chi connectivity index (χ1) is 12.1. The number of likely N-dealkylation sites (tertiary alicyclic amines) is 1. The third kappa shape index (κ3) is 3.17. The summed E-state index contributed by atoms with van der Waals surface area (Å²) in [6.07, 6.45) is 3.62. The number of hydrogen-bond acceptors (Lipinski definition) is 4. The van der Waals surface area contributed by atoms with Crippen molar-refractivity contribution in [2.24, 2.45) is 5.92 Å². The number of piperidine rings is 1. The minimum atomic E-state index is 0.0494. The fourth-order valence-corrected chi connectivity index (χ4v) is 4.12. The molecule has 1 aromatic heterocycles. The van der Waals surface area contributed by atoms with Crippen LogP contribution in [-0.4, -0.2) is 71.3 Å². The molecule has 7 nitrogen and oxygen atoms in total. The van der Waals surface area contributed by atoms with Crippen molar-refractivity contribution < 1.29 is 14.3 Å². The maximum absolute atomic E-state index is 12.5. The summed E-state index contributed by atoms with van der Waals surface area (Å²) in [7, 11) is 1.85. The Morgan fingerprint density at radius 2 is 2.00 bits per heavy atom. The average Bonchev–Trinajstić information content (AvgIpc) is 3.28. The summed E-state index contributed by atoms with van der Waals surface area (Å²) in [6, 6.07) is 1.97. The Bertz CT molecular complexity index is 657. The van der Waals surface area contributed by atoms with Crippen LogP contribution in [-0.2, 0) is 16.1 Å². The van der Waals surface area contributed by atoms with E-state index in [2.05, 4.69) is 0 Å². The lowest BCUT2D eigenvalue weighted by Crippen LogP contribution is -2.41. The van der Waals surface area contributed by atoms with Gasteiger partial charge in [0.05, 0.1) is 18.2 Å². The second-order valence-corrected chi connectivity index (χ2v) is 7.42. The van der Waals surface area contributed by atoms with Gasteiger partial charge in [0.15, 0.2) is 0 Å². The molecule has 136 valence electrons. The Morgan fingerprint density at radius 1 is 1.20 bits per heavy atom. The van der Waals surface area contributed by atoms with Crippen LogP contribution >= 0.6 is 0 Å². The van der Waals surface area contributed by atoms with E-state index in [0.29, 0.717) is 24.8 Å². The van der Waals surface area contributed by atoms with Gasteiger partial charge >= 0.3 is 0 Å². The number of aromatic nitrogens is 2. The van der Waals surface area contributed by atoms with Gasteiger partial charge in [-0.25, -0.2) is 0 Å². The number of aryl methyl sites for hydroxylation is 1. The summed E-state index contributed by atoms with van der Waals surface area (Å²) < 4.78 is 7.21. The van der Waals surface area contributed by atoms with Crippen LogP contribution in [0.3, 0.4) is 0 Å². The van der Waals surface area contributed by atoms with E-state index in [0.717, 1.165) is 57.6 Å². The van der Waals surface area contributed by atoms with Gasteiger partial charge in [-0.05, 0) is 31.7 Å². The summed E-state index contributed by atoms with van der Waals surface area (Å²) in [4.78, 5) is 28.7. The maximum Gasteiger partial charge on any atom is 0.271 e. The number of carbonyl (C=O) groups excluding carboxylic acids is 2. The fourth-order valence-electron chi connectivity index (χ4n) is 4.12. The van der Waals surface area contributed by atoms with Crippen molar-refractivity contribution in [1.29, 1.82) is 0 Å². The molecule has 3 aliphatic heterocycles. The molecule has 0 spiro atoms. The average molecular weight is 346 g/mol. The first-order valence-electron chi connectivity index (χ1n) is 9.33. The number of hydrogen-bond donors (Lipinski definition) is 0. The first kappa shape index (κ1) is 16.6. The summed E-state index contributed by atoms with van der Waals surface area (Å²) in [5, 5.41) is 4.71. The topological polar surface area (TPSA) is 67.7 Å².